The highest BCUT2D eigenvalue weighted by atomic mass is 32.2. The lowest BCUT2D eigenvalue weighted by Gasteiger charge is -2.09. The van der Waals surface area contributed by atoms with Crippen LogP contribution in [0.3, 0.4) is 0 Å². The highest BCUT2D eigenvalue weighted by Gasteiger charge is 2.25. The van der Waals surface area contributed by atoms with Crippen molar-refractivity contribution < 1.29 is 17.9 Å². The van der Waals surface area contributed by atoms with Gasteiger partial charge in [0.15, 0.2) is 5.69 Å². The van der Waals surface area contributed by atoms with Crippen LogP contribution < -0.4 is 4.72 Å². The Kier molecular flexibility index (Phi) is 4.77. The van der Waals surface area contributed by atoms with Gasteiger partial charge < -0.3 is 4.74 Å². The van der Waals surface area contributed by atoms with Gasteiger partial charge in [-0.15, -0.1) is 0 Å². The summed E-state index contributed by atoms with van der Waals surface area (Å²) in [5.74, 6) is -0.831. The highest BCUT2D eigenvalue weighted by Crippen LogP contribution is 2.14. The third-order valence-corrected chi connectivity index (χ3v) is 4.52. The number of carbonyl (C=O) groups excluding carboxylic acids is 1. The number of ether oxygens (including phenoxy) is 1. The highest BCUT2D eigenvalue weighted by molar-refractivity contribution is 7.90. The molecule has 0 unspecified atom stereocenters. The Morgan fingerprint density at radius 2 is 2.40 bits per heavy atom. The number of rotatable bonds is 6. The van der Waals surface area contributed by atoms with E-state index in [1.807, 2.05) is 6.92 Å². The van der Waals surface area contributed by atoms with Gasteiger partial charge >= 0.3 is 0 Å². The maximum atomic E-state index is 11.9. The molecule has 20 heavy (non-hydrogen) atoms. The first-order chi connectivity index (χ1) is 9.50. The molecule has 8 heteroatoms. The molecule has 1 saturated heterocycles. The van der Waals surface area contributed by atoms with Crippen LogP contribution in [0.1, 0.15) is 35.9 Å². The van der Waals surface area contributed by atoms with Crippen molar-refractivity contribution in [3.8, 4) is 0 Å². The van der Waals surface area contributed by atoms with Crippen LogP contribution in [0.4, 0.5) is 0 Å². The second-order valence-electron chi connectivity index (χ2n) is 4.97. The van der Waals surface area contributed by atoms with Gasteiger partial charge in [-0.2, -0.15) is 5.10 Å². The lowest BCUT2D eigenvalue weighted by Crippen LogP contribution is -2.35. The number of hydrogen-bond acceptors (Lipinski definition) is 5. The van der Waals surface area contributed by atoms with E-state index < -0.39 is 15.9 Å². The Labute approximate surface area is 118 Å². The molecule has 0 spiro atoms. The summed E-state index contributed by atoms with van der Waals surface area (Å²) in [4.78, 5) is 11.8. The van der Waals surface area contributed by atoms with Crippen molar-refractivity contribution in [2.24, 2.45) is 5.92 Å². The summed E-state index contributed by atoms with van der Waals surface area (Å²) in [6, 6.07) is 1.58. The van der Waals surface area contributed by atoms with Gasteiger partial charge in [-0.3, -0.25) is 9.89 Å². The average Bonchev–Trinajstić information content (AvgIpc) is 2.99. The van der Waals surface area contributed by atoms with Gasteiger partial charge in [0.1, 0.15) is 0 Å². The Morgan fingerprint density at radius 3 is 3.05 bits per heavy atom. The number of nitrogens with zero attached hydrogens (tertiary/aromatic N) is 1. The van der Waals surface area contributed by atoms with Gasteiger partial charge in [-0.05, 0) is 18.9 Å². The number of aryl methyl sites for hydroxylation is 1. The fourth-order valence-electron chi connectivity index (χ4n) is 2.14. The summed E-state index contributed by atoms with van der Waals surface area (Å²) in [6.07, 6.45) is 2.40. The zero-order valence-corrected chi connectivity index (χ0v) is 12.2. The van der Waals surface area contributed by atoms with Crippen molar-refractivity contribution in [2.75, 3.05) is 19.0 Å². The summed E-state index contributed by atoms with van der Waals surface area (Å²) in [5.41, 5.74) is 0.916. The van der Waals surface area contributed by atoms with E-state index in [2.05, 4.69) is 14.9 Å². The molecule has 1 aromatic rings. The van der Waals surface area contributed by atoms with Crippen molar-refractivity contribution in [1.82, 2.24) is 14.9 Å². The largest absolute Gasteiger partial charge is 0.381 e. The zero-order valence-electron chi connectivity index (χ0n) is 11.4. The predicted octanol–water partition coefficient (Wildman–Crippen LogP) is 0.458. The molecule has 2 heterocycles. The molecule has 112 valence electrons. The topological polar surface area (TPSA) is 101 Å². The molecule has 0 aromatic carbocycles. The van der Waals surface area contributed by atoms with Crippen molar-refractivity contribution in [2.45, 2.75) is 26.2 Å². The van der Waals surface area contributed by atoms with E-state index in [9.17, 15) is 13.2 Å². The first-order valence-corrected chi connectivity index (χ1v) is 8.32. The quantitative estimate of drug-likeness (QED) is 0.795. The number of sulfonamides is 1. The van der Waals surface area contributed by atoms with Crippen LogP contribution in [0.15, 0.2) is 6.07 Å². The number of nitrogens with one attached hydrogen (secondary N) is 2. The molecule has 7 nitrogen and oxygen atoms in total. The molecule has 1 atom stereocenters. The molecular weight excluding hydrogens is 282 g/mol. The molecule has 1 amide bonds. The van der Waals surface area contributed by atoms with Gasteiger partial charge in [0.05, 0.1) is 12.4 Å². The van der Waals surface area contributed by atoms with Crippen LogP contribution in [0, 0.1) is 5.92 Å². The van der Waals surface area contributed by atoms with Gasteiger partial charge in [-0.1, -0.05) is 13.3 Å². The molecule has 2 rings (SSSR count). The van der Waals surface area contributed by atoms with Crippen molar-refractivity contribution in [1.29, 1.82) is 0 Å². The van der Waals surface area contributed by atoms with Crippen LogP contribution in [0.5, 0.6) is 0 Å². The second-order valence-corrected chi connectivity index (χ2v) is 6.74. The van der Waals surface area contributed by atoms with Gasteiger partial charge in [0.25, 0.3) is 5.91 Å². The molecule has 2 N–H and O–H groups in total. The Hall–Kier alpha value is -1.41. The smallest absolute Gasteiger partial charge is 0.285 e. The SMILES string of the molecule is CCCc1cc(C(=O)NS(=O)(=O)C[C@@H]2CCOC2)n[nH]1. The van der Waals surface area contributed by atoms with Crippen molar-refractivity contribution in [3.05, 3.63) is 17.5 Å². The Morgan fingerprint density at radius 1 is 1.60 bits per heavy atom. The van der Waals surface area contributed by atoms with Gasteiger partial charge in [0, 0.05) is 18.2 Å². The van der Waals surface area contributed by atoms with E-state index in [0.29, 0.717) is 19.6 Å². The second kappa shape index (κ2) is 6.36. The number of H-pyrrole nitrogens is 1. The lowest BCUT2D eigenvalue weighted by molar-refractivity contribution is 0.0976. The average molecular weight is 301 g/mol. The molecule has 1 fully saturated rings. The number of carbonyl (C=O) groups is 1. The van der Waals surface area contributed by atoms with E-state index >= 15 is 0 Å². The predicted molar refractivity (Wildman–Crippen MR) is 72.8 cm³/mol. The molecule has 0 bridgehead atoms. The maximum Gasteiger partial charge on any atom is 0.285 e. The minimum absolute atomic E-state index is 0.0462. The zero-order chi connectivity index (χ0) is 14.6. The van der Waals surface area contributed by atoms with Gasteiger partial charge in [0.2, 0.25) is 10.0 Å². The first-order valence-electron chi connectivity index (χ1n) is 6.67. The molecule has 1 aliphatic heterocycles. The van der Waals surface area contributed by atoms with E-state index in [-0.39, 0.29) is 17.4 Å². The fraction of sp³-hybridized carbons (Fsp3) is 0.667. The number of aromatic nitrogens is 2. The Bertz CT molecular complexity index is 561. The third-order valence-electron chi connectivity index (χ3n) is 3.11. The number of aromatic amines is 1. The van der Waals surface area contributed by atoms with Crippen LogP contribution in [0.2, 0.25) is 0 Å². The summed E-state index contributed by atoms with van der Waals surface area (Å²) in [5, 5.41) is 6.55. The van der Waals surface area contributed by atoms with Crippen LogP contribution in [-0.4, -0.2) is 43.5 Å². The minimum Gasteiger partial charge on any atom is -0.381 e. The monoisotopic (exact) mass is 301 g/mol. The van der Waals surface area contributed by atoms with E-state index in [1.165, 1.54) is 0 Å². The van der Waals surface area contributed by atoms with E-state index in [0.717, 1.165) is 18.5 Å². The van der Waals surface area contributed by atoms with E-state index in [4.69, 9.17) is 4.74 Å². The van der Waals surface area contributed by atoms with Crippen molar-refractivity contribution >= 4 is 15.9 Å². The summed E-state index contributed by atoms with van der Waals surface area (Å²) in [7, 11) is -3.65. The molecule has 0 radical (unpaired) electrons. The summed E-state index contributed by atoms with van der Waals surface area (Å²) in [6.45, 7) is 3.01. The number of amides is 1. The Balaban J connectivity index is 1.94. The first kappa shape index (κ1) is 15.0. The normalized spacial score (nSPS) is 19.1. The fourth-order valence-corrected chi connectivity index (χ4v) is 3.49. The lowest BCUT2D eigenvalue weighted by atomic mass is 10.2. The van der Waals surface area contributed by atoms with Crippen LogP contribution >= 0.6 is 0 Å². The molecule has 0 saturated carbocycles. The van der Waals surface area contributed by atoms with E-state index in [1.54, 1.807) is 6.07 Å². The standard InChI is InChI=1S/C12H19N3O4S/c1-2-3-10-6-11(14-13-10)12(16)15-20(17,18)8-9-4-5-19-7-9/h6,9H,2-5,7-8H2,1H3,(H,13,14)(H,15,16)/t9-/m1/s1. The molecule has 1 aromatic heterocycles. The number of hydrogen-bond donors (Lipinski definition) is 2. The third kappa shape index (κ3) is 4.04. The maximum absolute atomic E-state index is 11.9. The minimum atomic E-state index is -3.65. The summed E-state index contributed by atoms with van der Waals surface area (Å²) < 4.78 is 30.9. The summed E-state index contributed by atoms with van der Waals surface area (Å²) >= 11 is 0. The molecular formula is C12H19N3O4S. The van der Waals surface area contributed by atoms with Gasteiger partial charge in [-0.25, -0.2) is 13.1 Å². The molecule has 1 aliphatic rings. The van der Waals surface area contributed by atoms with Crippen LogP contribution in [0.25, 0.3) is 0 Å². The van der Waals surface area contributed by atoms with Crippen molar-refractivity contribution in [3.63, 3.8) is 0 Å². The van der Waals surface area contributed by atoms with Crippen LogP contribution in [-0.2, 0) is 21.2 Å². The molecule has 0 aliphatic carbocycles.